The summed E-state index contributed by atoms with van der Waals surface area (Å²) in [5.74, 6) is 1.50. The van der Waals surface area contributed by atoms with Crippen LogP contribution >= 0.6 is 0 Å². The molecule has 2 aromatic rings. The van der Waals surface area contributed by atoms with E-state index in [0.717, 1.165) is 47.7 Å². The number of amides is 2. The monoisotopic (exact) mass is 424 g/mol. The predicted octanol–water partition coefficient (Wildman–Crippen LogP) is 3.06. The largest absolute Gasteiger partial charge is 0.352 e. The van der Waals surface area contributed by atoms with E-state index in [-0.39, 0.29) is 35.9 Å². The molecule has 1 aliphatic heterocycles. The molecule has 1 aliphatic carbocycles. The number of hydrogen-bond acceptors (Lipinski definition) is 4. The molecule has 1 saturated carbocycles. The summed E-state index contributed by atoms with van der Waals surface area (Å²) in [5.41, 5.74) is 3.29. The van der Waals surface area contributed by atoms with Crippen LogP contribution in [0.3, 0.4) is 0 Å². The van der Waals surface area contributed by atoms with E-state index in [9.17, 15) is 14.0 Å². The zero-order valence-corrected chi connectivity index (χ0v) is 18.3. The van der Waals surface area contributed by atoms with Crippen molar-refractivity contribution in [3.8, 4) is 0 Å². The smallest absolute Gasteiger partial charge is 0.225 e. The van der Waals surface area contributed by atoms with Crippen LogP contribution in [0.25, 0.3) is 0 Å². The van der Waals surface area contributed by atoms with Crippen molar-refractivity contribution in [3.05, 3.63) is 58.4 Å². The molecule has 6 nitrogen and oxygen atoms in total. The highest BCUT2D eigenvalue weighted by atomic mass is 19.1. The zero-order valence-electron chi connectivity index (χ0n) is 18.3. The van der Waals surface area contributed by atoms with Gasteiger partial charge in [-0.05, 0) is 50.3 Å². The predicted molar refractivity (Wildman–Crippen MR) is 115 cm³/mol. The number of hydrogen-bond donors (Lipinski definition) is 1. The molecule has 1 aromatic carbocycles. The highest BCUT2D eigenvalue weighted by Gasteiger charge is 2.43. The lowest BCUT2D eigenvalue weighted by Gasteiger charge is -2.17. The fraction of sp³-hybridized carbons (Fsp3) is 0.500. The van der Waals surface area contributed by atoms with Gasteiger partial charge in [0, 0.05) is 48.4 Å². The van der Waals surface area contributed by atoms with Gasteiger partial charge in [-0.3, -0.25) is 9.59 Å². The van der Waals surface area contributed by atoms with Gasteiger partial charge in [-0.15, -0.1) is 0 Å². The van der Waals surface area contributed by atoms with Crippen molar-refractivity contribution < 1.29 is 14.0 Å². The van der Waals surface area contributed by atoms with Gasteiger partial charge in [0.25, 0.3) is 0 Å². The maximum Gasteiger partial charge on any atom is 0.225 e. The molecule has 7 heteroatoms. The molecule has 2 fully saturated rings. The maximum atomic E-state index is 13.0. The van der Waals surface area contributed by atoms with E-state index >= 15 is 0 Å². The minimum Gasteiger partial charge on any atom is -0.352 e. The zero-order chi connectivity index (χ0) is 22.1. The van der Waals surface area contributed by atoms with Crippen LogP contribution in [0.15, 0.2) is 24.3 Å². The van der Waals surface area contributed by atoms with Crippen molar-refractivity contribution in [1.82, 2.24) is 20.2 Å². The second-order valence-electron chi connectivity index (χ2n) is 8.90. The Bertz CT molecular complexity index is 969. The number of aromatic nitrogens is 2. The number of benzene rings is 1. The number of carbonyl (C=O) groups excluding carboxylic acids is 2. The van der Waals surface area contributed by atoms with E-state index in [0.29, 0.717) is 19.0 Å². The lowest BCUT2D eigenvalue weighted by atomic mass is 10.0. The van der Waals surface area contributed by atoms with E-state index in [1.165, 1.54) is 12.1 Å². The average Bonchev–Trinajstić information content (AvgIpc) is 3.26. The highest BCUT2D eigenvalue weighted by molar-refractivity contribution is 5.82. The van der Waals surface area contributed by atoms with Crippen molar-refractivity contribution in [2.75, 3.05) is 13.1 Å². The molecular weight excluding hydrogens is 395 g/mol. The van der Waals surface area contributed by atoms with Crippen LogP contribution < -0.4 is 5.32 Å². The minimum atomic E-state index is -0.296. The summed E-state index contributed by atoms with van der Waals surface area (Å²) in [7, 11) is 0. The van der Waals surface area contributed by atoms with Crippen molar-refractivity contribution in [2.24, 2.45) is 11.8 Å². The van der Waals surface area contributed by atoms with Gasteiger partial charge in [-0.1, -0.05) is 19.1 Å². The summed E-state index contributed by atoms with van der Waals surface area (Å²) >= 11 is 0. The number of carbonyl (C=O) groups is 2. The molecule has 0 spiro atoms. The SMILES string of the molecule is Cc1nc([C@@H]2CCN(C(=O)[C@@H]3C[C@@H]3C)C2)nc(C)c1CC(=O)NCc1ccc(F)cc1. The summed E-state index contributed by atoms with van der Waals surface area (Å²) in [5, 5.41) is 2.87. The van der Waals surface area contributed by atoms with E-state index in [1.54, 1.807) is 12.1 Å². The van der Waals surface area contributed by atoms with Gasteiger partial charge < -0.3 is 10.2 Å². The highest BCUT2D eigenvalue weighted by Crippen LogP contribution is 2.40. The Balaban J connectivity index is 1.36. The molecule has 0 unspecified atom stereocenters. The molecule has 0 bridgehead atoms. The number of rotatable bonds is 6. The molecule has 2 heterocycles. The van der Waals surface area contributed by atoms with E-state index in [1.807, 2.05) is 18.7 Å². The molecule has 4 rings (SSSR count). The van der Waals surface area contributed by atoms with E-state index in [4.69, 9.17) is 9.97 Å². The average molecular weight is 425 g/mol. The van der Waals surface area contributed by atoms with Crippen molar-refractivity contribution in [3.63, 3.8) is 0 Å². The summed E-state index contributed by atoms with van der Waals surface area (Å²) in [6.45, 7) is 7.73. The third-order valence-electron chi connectivity index (χ3n) is 6.47. The van der Waals surface area contributed by atoms with Gasteiger partial charge in [0.15, 0.2) is 0 Å². The Morgan fingerprint density at radius 3 is 2.42 bits per heavy atom. The third kappa shape index (κ3) is 4.92. The van der Waals surface area contributed by atoms with Crippen LogP contribution in [0.4, 0.5) is 4.39 Å². The maximum absolute atomic E-state index is 13.0. The Kier molecular flexibility index (Phi) is 6.03. The van der Waals surface area contributed by atoms with Gasteiger partial charge in [-0.25, -0.2) is 14.4 Å². The number of aryl methyl sites for hydroxylation is 2. The molecule has 1 saturated heterocycles. The first-order valence-corrected chi connectivity index (χ1v) is 11.0. The first-order valence-electron chi connectivity index (χ1n) is 11.0. The van der Waals surface area contributed by atoms with Crippen LogP contribution in [0.2, 0.25) is 0 Å². The molecule has 164 valence electrons. The summed E-state index contributed by atoms with van der Waals surface area (Å²) in [6.07, 6.45) is 2.09. The van der Waals surface area contributed by atoms with Crippen LogP contribution in [0.1, 0.15) is 54.0 Å². The molecule has 31 heavy (non-hydrogen) atoms. The van der Waals surface area contributed by atoms with Crippen LogP contribution in [0.5, 0.6) is 0 Å². The Morgan fingerprint density at radius 2 is 1.81 bits per heavy atom. The summed E-state index contributed by atoms with van der Waals surface area (Å²) in [4.78, 5) is 36.3. The van der Waals surface area contributed by atoms with Crippen LogP contribution in [-0.4, -0.2) is 39.8 Å². The standard InChI is InChI=1S/C24H29FN4O2/c1-14-10-20(14)24(31)29-9-8-18(13-29)23-27-15(2)21(16(3)28-23)11-22(30)26-12-17-4-6-19(25)7-5-17/h4-7,14,18,20H,8-13H2,1-3H3,(H,26,30)/t14-,18+,20+/m0/s1. The van der Waals surface area contributed by atoms with Crippen LogP contribution in [-0.2, 0) is 22.6 Å². The second kappa shape index (κ2) is 8.73. The fourth-order valence-electron chi connectivity index (χ4n) is 4.30. The fourth-order valence-corrected chi connectivity index (χ4v) is 4.30. The van der Waals surface area contributed by atoms with Gasteiger partial charge in [0.2, 0.25) is 11.8 Å². The topological polar surface area (TPSA) is 75.2 Å². The molecule has 0 radical (unpaired) electrons. The second-order valence-corrected chi connectivity index (χ2v) is 8.90. The molecule has 3 atom stereocenters. The van der Waals surface area contributed by atoms with Gasteiger partial charge in [-0.2, -0.15) is 0 Å². The Morgan fingerprint density at radius 1 is 1.16 bits per heavy atom. The Labute approximate surface area is 182 Å². The normalized spacial score (nSPS) is 22.5. The summed E-state index contributed by atoms with van der Waals surface area (Å²) in [6, 6.07) is 6.07. The number of likely N-dealkylation sites (tertiary alicyclic amines) is 1. The van der Waals surface area contributed by atoms with Crippen molar-refractivity contribution >= 4 is 11.8 Å². The molecular formula is C24H29FN4O2. The van der Waals surface area contributed by atoms with Crippen molar-refractivity contribution in [1.29, 1.82) is 0 Å². The van der Waals surface area contributed by atoms with Gasteiger partial charge in [0.1, 0.15) is 11.6 Å². The van der Waals surface area contributed by atoms with E-state index < -0.39 is 0 Å². The number of nitrogens with zero attached hydrogens (tertiary/aromatic N) is 3. The molecule has 2 aliphatic rings. The quantitative estimate of drug-likeness (QED) is 0.773. The molecule has 1 N–H and O–H groups in total. The number of nitrogens with one attached hydrogen (secondary N) is 1. The third-order valence-corrected chi connectivity index (χ3v) is 6.47. The Hall–Kier alpha value is -2.83. The molecule has 1 aromatic heterocycles. The van der Waals surface area contributed by atoms with Gasteiger partial charge in [0.05, 0.1) is 6.42 Å². The lowest BCUT2D eigenvalue weighted by Crippen LogP contribution is -2.30. The van der Waals surface area contributed by atoms with E-state index in [2.05, 4.69) is 12.2 Å². The summed E-state index contributed by atoms with van der Waals surface area (Å²) < 4.78 is 13.0. The van der Waals surface area contributed by atoms with Crippen LogP contribution in [0, 0.1) is 31.5 Å². The molecule has 2 amide bonds. The minimum absolute atomic E-state index is 0.122. The van der Waals surface area contributed by atoms with Crippen molar-refractivity contribution in [2.45, 2.75) is 52.5 Å². The number of halogens is 1. The first-order chi connectivity index (χ1) is 14.8. The lowest BCUT2D eigenvalue weighted by molar-refractivity contribution is -0.131. The first kappa shape index (κ1) is 21.4. The van der Waals surface area contributed by atoms with Gasteiger partial charge >= 0.3 is 0 Å².